The third-order valence-electron chi connectivity index (χ3n) is 5.04. The van der Waals surface area contributed by atoms with Crippen LogP contribution in [-0.2, 0) is 21.2 Å². The van der Waals surface area contributed by atoms with Gasteiger partial charge in [0, 0.05) is 25.1 Å². The van der Waals surface area contributed by atoms with Crippen LogP contribution in [0.1, 0.15) is 31.7 Å². The molecule has 23 heavy (non-hydrogen) atoms. The third kappa shape index (κ3) is 3.31. The van der Waals surface area contributed by atoms with Crippen LogP contribution in [0.4, 0.5) is 0 Å². The van der Waals surface area contributed by atoms with E-state index in [2.05, 4.69) is 0 Å². The number of aliphatic hydroxyl groups is 1. The van der Waals surface area contributed by atoms with Crippen molar-refractivity contribution in [3.63, 3.8) is 0 Å². The van der Waals surface area contributed by atoms with Crippen LogP contribution in [0.5, 0.6) is 0 Å². The van der Waals surface area contributed by atoms with E-state index >= 15 is 0 Å². The van der Waals surface area contributed by atoms with Crippen LogP contribution in [-0.4, -0.2) is 49.7 Å². The summed E-state index contributed by atoms with van der Waals surface area (Å²) in [6.07, 6.45) is 2.61. The first-order valence-corrected chi connectivity index (χ1v) is 9.84. The Labute approximate surface area is 138 Å². The lowest BCUT2D eigenvalue weighted by atomic mass is 9.90. The van der Waals surface area contributed by atoms with E-state index in [4.69, 9.17) is 4.74 Å². The largest absolute Gasteiger partial charge is 0.393 e. The first-order valence-electron chi connectivity index (χ1n) is 8.40. The normalized spacial score (nSPS) is 29.7. The molecule has 0 spiro atoms. The second-order valence-electron chi connectivity index (χ2n) is 6.42. The van der Waals surface area contributed by atoms with Crippen molar-refractivity contribution in [2.45, 2.75) is 49.6 Å². The second kappa shape index (κ2) is 6.89. The van der Waals surface area contributed by atoms with Crippen molar-refractivity contribution < 1.29 is 18.3 Å². The summed E-state index contributed by atoms with van der Waals surface area (Å²) in [4.78, 5) is 0.341. The molecule has 0 bridgehead atoms. The maximum absolute atomic E-state index is 13.0. The van der Waals surface area contributed by atoms with Crippen molar-refractivity contribution in [3.05, 3.63) is 29.8 Å². The second-order valence-corrected chi connectivity index (χ2v) is 8.31. The van der Waals surface area contributed by atoms with Crippen LogP contribution >= 0.6 is 0 Å². The standard InChI is InChI=1S/C17H25NO4S/c1-2-13-5-7-14(8-6-13)23(20,21)18-10-3-4-16(18)15-12-22-11-9-17(15)19/h5-8,15-17,19H,2-4,9-12H2,1H3. The van der Waals surface area contributed by atoms with Crippen LogP contribution in [0.15, 0.2) is 29.2 Å². The van der Waals surface area contributed by atoms with Gasteiger partial charge in [0.15, 0.2) is 0 Å². The number of hydrogen-bond donors (Lipinski definition) is 1. The van der Waals surface area contributed by atoms with Crippen molar-refractivity contribution in [1.29, 1.82) is 0 Å². The summed E-state index contributed by atoms with van der Waals surface area (Å²) in [5, 5.41) is 10.3. The van der Waals surface area contributed by atoms with E-state index in [1.54, 1.807) is 16.4 Å². The predicted molar refractivity (Wildman–Crippen MR) is 87.7 cm³/mol. The Balaban J connectivity index is 1.85. The molecule has 2 aliphatic heterocycles. The van der Waals surface area contributed by atoms with Crippen LogP contribution in [0, 0.1) is 5.92 Å². The highest BCUT2D eigenvalue weighted by Crippen LogP contribution is 2.34. The van der Waals surface area contributed by atoms with Crippen LogP contribution < -0.4 is 0 Å². The molecule has 2 aliphatic rings. The minimum Gasteiger partial charge on any atom is -0.393 e. The minimum atomic E-state index is -3.52. The zero-order chi connectivity index (χ0) is 16.4. The number of benzene rings is 1. The molecule has 0 amide bonds. The van der Waals surface area contributed by atoms with Crippen molar-refractivity contribution >= 4 is 10.0 Å². The van der Waals surface area contributed by atoms with Gasteiger partial charge in [-0.3, -0.25) is 0 Å². The number of rotatable bonds is 4. The van der Waals surface area contributed by atoms with Gasteiger partial charge in [0.25, 0.3) is 0 Å². The summed E-state index contributed by atoms with van der Waals surface area (Å²) < 4.78 is 33.1. The quantitative estimate of drug-likeness (QED) is 0.908. The first kappa shape index (κ1) is 16.9. The SMILES string of the molecule is CCc1ccc(S(=O)(=O)N2CCCC2C2COCCC2O)cc1. The lowest BCUT2D eigenvalue weighted by Crippen LogP contribution is -2.48. The molecule has 0 radical (unpaired) electrons. The Hall–Kier alpha value is -0.950. The third-order valence-corrected chi connectivity index (χ3v) is 6.98. The summed E-state index contributed by atoms with van der Waals surface area (Å²) in [6.45, 7) is 3.55. The van der Waals surface area contributed by atoms with E-state index in [0.717, 1.165) is 24.8 Å². The molecule has 2 saturated heterocycles. The summed E-state index contributed by atoms with van der Waals surface area (Å²) in [7, 11) is -3.52. The Kier molecular flexibility index (Phi) is 5.06. The fourth-order valence-corrected chi connectivity index (χ4v) is 5.38. The van der Waals surface area contributed by atoms with Gasteiger partial charge in [-0.1, -0.05) is 19.1 Å². The van der Waals surface area contributed by atoms with Gasteiger partial charge in [0.1, 0.15) is 0 Å². The van der Waals surface area contributed by atoms with E-state index in [-0.39, 0.29) is 12.0 Å². The van der Waals surface area contributed by atoms with Crippen LogP contribution in [0.25, 0.3) is 0 Å². The smallest absolute Gasteiger partial charge is 0.243 e. The maximum atomic E-state index is 13.0. The van der Waals surface area contributed by atoms with Gasteiger partial charge in [-0.25, -0.2) is 8.42 Å². The molecule has 0 aromatic heterocycles. The van der Waals surface area contributed by atoms with E-state index in [1.165, 1.54) is 0 Å². The zero-order valence-corrected chi connectivity index (χ0v) is 14.3. The Morgan fingerprint density at radius 2 is 2.00 bits per heavy atom. The van der Waals surface area contributed by atoms with Crippen molar-refractivity contribution in [3.8, 4) is 0 Å². The lowest BCUT2D eigenvalue weighted by Gasteiger charge is -2.36. The molecule has 2 heterocycles. The number of aryl methyl sites for hydroxylation is 1. The van der Waals surface area contributed by atoms with Gasteiger partial charge in [-0.05, 0) is 43.4 Å². The molecule has 128 valence electrons. The maximum Gasteiger partial charge on any atom is 0.243 e. The number of sulfonamides is 1. The van der Waals surface area contributed by atoms with Gasteiger partial charge < -0.3 is 9.84 Å². The molecule has 6 heteroatoms. The van der Waals surface area contributed by atoms with Gasteiger partial charge in [0.2, 0.25) is 10.0 Å². The van der Waals surface area contributed by atoms with Gasteiger partial charge in [-0.15, -0.1) is 0 Å². The molecule has 1 aromatic carbocycles. The van der Waals surface area contributed by atoms with Crippen LogP contribution in [0.2, 0.25) is 0 Å². The fraction of sp³-hybridized carbons (Fsp3) is 0.647. The monoisotopic (exact) mass is 339 g/mol. The molecule has 1 N–H and O–H groups in total. The fourth-order valence-electron chi connectivity index (χ4n) is 3.64. The molecule has 3 atom stereocenters. The molecule has 3 rings (SSSR count). The van der Waals surface area contributed by atoms with Crippen LogP contribution in [0.3, 0.4) is 0 Å². The molecule has 3 unspecified atom stereocenters. The Bertz CT molecular complexity index is 628. The molecule has 0 saturated carbocycles. The number of aliphatic hydroxyl groups excluding tert-OH is 1. The van der Waals surface area contributed by atoms with E-state index in [1.807, 2.05) is 19.1 Å². The van der Waals surface area contributed by atoms with Crippen molar-refractivity contribution in [1.82, 2.24) is 4.31 Å². The minimum absolute atomic E-state index is 0.129. The van der Waals surface area contributed by atoms with Crippen molar-refractivity contribution in [2.75, 3.05) is 19.8 Å². The molecular weight excluding hydrogens is 314 g/mol. The molecular formula is C17H25NO4S. The van der Waals surface area contributed by atoms with E-state index < -0.39 is 16.1 Å². The van der Waals surface area contributed by atoms with E-state index in [0.29, 0.717) is 31.1 Å². The number of nitrogens with zero attached hydrogens (tertiary/aromatic N) is 1. The molecule has 2 fully saturated rings. The van der Waals surface area contributed by atoms with E-state index in [9.17, 15) is 13.5 Å². The highest BCUT2D eigenvalue weighted by Gasteiger charge is 2.42. The topological polar surface area (TPSA) is 66.8 Å². The number of ether oxygens (including phenoxy) is 1. The lowest BCUT2D eigenvalue weighted by molar-refractivity contribution is -0.0543. The Morgan fingerprint density at radius 1 is 1.26 bits per heavy atom. The molecule has 5 nitrogen and oxygen atoms in total. The summed E-state index contributed by atoms with van der Waals surface area (Å²) in [5.74, 6) is -0.129. The highest BCUT2D eigenvalue weighted by molar-refractivity contribution is 7.89. The summed E-state index contributed by atoms with van der Waals surface area (Å²) >= 11 is 0. The van der Waals surface area contributed by atoms with Crippen molar-refractivity contribution in [2.24, 2.45) is 5.92 Å². The average molecular weight is 339 g/mol. The van der Waals surface area contributed by atoms with Gasteiger partial charge in [-0.2, -0.15) is 4.31 Å². The van der Waals surface area contributed by atoms with Gasteiger partial charge >= 0.3 is 0 Å². The van der Waals surface area contributed by atoms with Gasteiger partial charge in [0.05, 0.1) is 17.6 Å². The highest BCUT2D eigenvalue weighted by atomic mass is 32.2. The summed E-state index contributed by atoms with van der Waals surface area (Å²) in [6, 6.07) is 6.96. The molecule has 0 aliphatic carbocycles. The average Bonchev–Trinajstić information content (AvgIpc) is 3.05. The Morgan fingerprint density at radius 3 is 2.65 bits per heavy atom. The first-order chi connectivity index (χ1) is 11.0. The predicted octanol–water partition coefficient (Wildman–Crippen LogP) is 1.80. The summed E-state index contributed by atoms with van der Waals surface area (Å²) in [5.41, 5.74) is 1.12. The zero-order valence-electron chi connectivity index (χ0n) is 13.5. The molecule has 1 aromatic rings. The number of hydrogen-bond acceptors (Lipinski definition) is 4.